The summed E-state index contributed by atoms with van der Waals surface area (Å²) in [7, 11) is 0. The second-order valence-corrected chi connectivity index (χ2v) is 9.51. The van der Waals surface area contributed by atoms with E-state index in [0.29, 0.717) is 47.1 Å². The van der Waals surface area contributed by atoms with Crippen LogP contribution in [0.15, 0.2) is 97.1 Å². The van der Waals surface area contributed by atoms with Crippen LogP contribution >= 0.6 is 0 Å². The fraction of sp³-hybridized carbons (Fsp3) is 0.156. The first-order valence-corrected chi connectivity index (χ1v) is 13.3. The number of aromatic nitrogens is 2. The van der Waals surface area contributed by atoms with E-state index in [1.54, 1.807) is 42.5 Å². The molecule has 220 valence electrons. The van der Waals surface area contributed by atoms with Crippen molar-refractivity contribution in [2.75, 3.05) is 13.2 Å². The highest BCUT2D eigenvalue weighted by Crippen LogP contribution is 2.34. The van der Waals surface area contributed by atoms with E-state index in [-0.39, 0.29) is 18.7 Å². The molecule has 11 heteroatoms. The average molecular weight is 590 g/mol. The maximum atomic E-state index is 13.2. The van der Waals surface area contributed by atoms with Crippen LogP contribution in [0.4, 0.5) is 13.2 Å². The van der Waals surface area contributed by atoms with Crippen LogP contribution in [-0.2, 0) is 17.5 Å². The number of para-hydroxylation sites is 1. The molecule has 1 amide bonds. The van der Waals surface area contributed by atoms with E-state index in [9.17, 15) is 22.8 Å². The summed E-state index contributed by atoms with van der Waals surface area (Å²) < 4.78 is 53.2. The molecule has 43 heavy (non-hydrogen) atoms. The third-order valence-corrected chi connectivity index (χ3v) is 6.45. The summed E-state index contributed by atoms with van der Waals surface area (Å²) in [6.07, 6.45) is -4.70. The summed E-state index contributed by atoms with van der Waals surface area (Å²) in [4.78, 5) is 28.2. The monoisotopic (exact) mass is 589 g/mol. The Bertz CT molecular complexity index is 1750. The van der Waals surface area contributed by atoms with Crippen LogP contribution in [0.1, 0.15) is 22.3 Å². The van der Waals surface area contributed by atoms with Gasteiger partial charge in [-0.1, -0.05) is 36.4 Å². The number of carbonyl (C=O) groups excluding carboxylic acids is 1. The number of hydrogen-bond donors (Lipinski definition) is 2. The van der Waals surface area contributed by atoms with Crippen LogP contribution in [-0.4, -0.2) is 39.7 Å². The number of benzene rings is 4. The second-order valence-electron chi connectivity index (χ2n) is 9.51. The van der Waals surface area contributed by atoms with Gasteiger partial charge in [-0.15, -0.1) is 0 Å². The van der Waals surface area contributed by atoms with E-state index in [1.165, 1.54) is 12.1 Å². The molecular formula is C32H26F3N3O5. The van der Waals surface area contributed by atoms with E-state index in [0.717, 1.165) is 17.6 Å². The first kappa shape index (κ1) is 29.2. The average Bonchev–Trinajstić information content (AvgIpc) is 3.35. The third-order valence-electron chi connectivity index (χ3n) is 6.45. The first-order chi connectivity index (χ1) is 20.7. The van der Waals surface area contributed by atoms with E-state index in [1.807, 2.05) is 34.9 Å². The summed E-state index contributed by atoms with van der Waals surface area (Å²) in [6, 6.07) is 25.8. The lowest BCUT2D eigenvalue weighted by atomic mass is 10.2. The number of amides is 1. The Morgan fingerprint density at radius 2 is 1.58 bits per heavy atom. The van der Waals surface area contributed by atoms with Crippen molar-refractivity contribution in [2.24, 2.45) is 0 Å². The molecule has 0 bridgehead atoms. The van der Waals surface area contributed by atoms with Crippen LogP contribution in [0.5, 0.6) is 17.2 Å². The van der Waals surface area contributed by atoms with Gasteiger partial charge in [-0.2, -0.15) is 13.2 Å². The number of fused-ring (bicyclic) bond motifs is 1. The SMILES string of the molecule is O=C(O)CCNC(=O)c1ccc2c(c1)nc(-c1cccc(Oc3cccc(C(F)(F)F)c3)c1)n2CCOc1ccccc1. The molecule has 5 aromatic rings. The number of nitrogens with zero attached hydrogens (tertiary/aromatic N) is 2. The number of carbonyl (C=O) groups is 2. The number of carboxylic acids is 1. The van der Waals surface area contributed by atoms with Crippen molar-refractivity contribution in [2.45, 2.75) is 19.1 Å². The summed E-state index contributed by atoms with van der Waals surface area (Å²) in [6.45, 7) is 0.686. The van der Waals surface area contributed by atoms with E-state index in [2.05, 4.69) is 5.32 Å². The molecule has 0 aliphatic carbocycles. The van der Waals surface area contributed by atoms with Crippen LogP contribution in [0.3, 0.4) is 0 Å². The molecule has 0 unspecified atom stereocenters. The van der Waals surface area contributed by atoms with Gasteiger partial charge in [0, 0.05) is 17.7 Å². The van der Waals surface area contributed by atoms with Gasteiger partial charge in [0.1, 0.15) is 29.7 Å². The molecule has 0 aliphatic rings. The number of aliphatic carboxylic acids is 1. The van der Waals surface area contributed by atoms with Gasteiger partial charge in [-0.3, -0.25) is 9.59 Å². The normalized spacial score (nSPS) is 11.3. The Morgan fingerprint density at radius 3 is 2.33 bits per heavy atom. The van der Waals surface area contributed by atoms with Crippen molar-refractivity contribution in [3.05, 3.63) is 108 Å². The van der Waals surface area contributed by atoms with Gasteiger partial charge in [0.25, 0.3) is 5.91 Å². The van der Waals surface area contributed by atoms with E-state index < -0.39 is 23.6 Å². The number of halogens is 3. The Balaban J connectivity index is 1.46. The Morgan fingerprint density at radius 1 is 0.860 bits per heavy atom. The highest BCUT2D eigenvalue weighted by Gasteiger charge is 2.30. The highest BCUT2D eigenvalue weighted by molar-refractivity contribution is 5.98. The predicted octanol–water partition coefficient (Wildman–Crippen LogP) is 6.80. The molecule has 0 aliphatic heterocycles. The zero-order valence-electron chi connectivity index (χ0n) is 22.7. The Kier molecular flexibility index (Phi) is 8.61. The fourth-order valence-corrected chi connectivity index (χ4v) is 4.44. The van der Waals surface area contributed by atoms with Gasteiger partial charge in [0.05, 0.1) is 29.6 Å². The van der Waals surface area contributed by atoms with Crippen molar-refractivity contribution in [1.29, 1.82) is 0 Å². The maximum absolute atomic E-state index is 13.2. The van der Waals surface area contributed by atoms with Crippen molar-refractivity contribution in [1.82, 2.24) is 14.9 Å². The molecule has 5 rings (SSSR count). The zero-order chi connectivity index (χ0) is 30.4. The molecule has 0 saturated carbocycles. The smallest absolute Gasteiger partial charge is 0.416 e. The molecule has 0 saturated heterocycles. The zero-order valence-corrected chi connectivity index (χ0v) is 22.7. The lowest BCUT2D eigenvalue weighted by Crippen LogP contribution is -2.25. The number of hydrogen-bond acceptors (Lipinski definition) is 5. The molecule has 0 radical (unpaired) electrons. The maximum Gasteiger partial charge on any atom is 0.416 e. The molecular weight excluding hydrogens is 563 g/mol. The standard InChI is InChI=1S/C32H26F3N3O5/c33-32(34,35)23-7-5-11-26(20-23)43-25-10-4-6-21(18-25)30-37-27-19-22(31(41)36-15-14-29(39)40)12-13-28(27)38(30)16-17-42-24-8-2-1-3-9-24/h1-13,18-20H,14-17H2,(H,36,41)(H,39,40). The van der Waals surface area contributed by atoms with Crippen molar-refractivity contribution >= 4 is 22.9 Å². The minimum absolute atomic E-state index is 0.0125. The molecule has 8 nitrogen and oxygen atoms in total. The highest BCUT2D eigenvalue weighted by atomic mass is 19.4. The summed E-state index contributed by atoms with van der Waals surface area (Å²) in [5.41, 5.74) is 1.37. The molecule has 4 aromatic carbocycles. The van der Waals surface area contributed by atoms with Gasteiger partial charge < -0.3 is 24.5 Å². The third kappa shape index (κ3) is 7.31. The molecule has 1 aromatic heterocycles. The Hall–Kier alpha value is -5.32. The number of carboxylic acid groups (broad SMARTS) is 1. The van der Waals surface area contributed by atoms with E-state index in [4.69, 9.17) is 19.6 Å². The lowest BCUT2D eigenvalue weighted by Gasteiger charge is -2.13. The van der Waals surface area contributed by atoms with Crippen LogP contribution in [0.25, 0.3) is 22.4 Å². The number of rotatable bonds is 11. The quantitative estimate of drug-likeness (QED) is 0.176. The predicted molar refractivity (Wildman–Crippen MR) is 153 cm³/mol. The van der Waals surface area contributed by atoms with Gasteiger partial charge >= 0.3 is 12.1 Å². The first-order valence-electron chi connectivity index (χ1n) is 13.3. The fourth-order valence-electron chi connectivity index (χ4n) is 4.44. The number of alkyl halides is 3. The molecule has 0 atom stereocenters. The minimum Gasteiger partial charge on any atom is -0.492 e. The number of nitrogens with one attached hydrogen (secondary N) is 1. The van der Waals surface area contributed by atoms with Gasteiger partial charge in [-0.05, 0) is 60.7 Å². The van der Waals surface area contributed by atoms with Crippen molar-refractivity contribution in [3.63, 3.8) is 0 Å². The largest absolute Gasteiger partial charge is 0.492 e. The molecule has 1 heterocycles. The molecule has 0 spiro atoms. The van der Waals surface area contributed by atoms with Gasteiger partial charge in [0.15, 0.2) is 0 Å². The number of ether oxygens (including phenoxy) is 2. The topological polar surface area (TPSA) is 103 Å². The summed E-state index contributed by atoms with van der Waals surface area (Å²) in [5, 5.41) is 11.4. The second kappa shape index (κ2) is 12.7. The molecule has 2 N–H and O–H groups in total. The van der Waals surface area contributed by atoms with Crippen LogP contribution < -0.4 is 14.8 Å². The number of imidazole rings is 1. The van der Waals surface area contributed by atoms with Gasteiger partial charge in [0.2, 0.25) is 0 Å². The van der Waals surface area contributed by atoms with Crippen molar-refractivity contribution < 1.29 is 37.3 Å². The summed E-state index contributed by atoms with van der Waals surface area (Å²) in [5.74, 6) is 0.138. The lowest BCUT2D eigenvalue weighted by molar-refractivity contribution is -0.138. The van der Waals surface area contributed by atoms with Gasteiger partial charge in [-0.25, -0.2) is 4.98 Å². The van der Waals surface area contributed by atoms with Crippen molar-refractivity contribution in [3.8, 4) is 28.6 Å². The van der Waals surface area contributed by atoms with E-state index >= 15 is 0 Å². The minimum atomic E-state index is -4.50. The van der Waals surface area contributed by atoms with Crippen LogP contribution in [0.2, 0.25) is 0 Å². The summed E-state index contributed by atoms with van der Waals surface area (Å²) >= 11 is 0. The molecule has 0 fully saturated rings. The Labute approximate surface area is 244 Å². The van der Waals surface area contributed by atoms with Crippen LogP contribution in [0, 0.1) is 0 Å².